The third kappa shape index (κ3) is 3.69. The van der Waals surface area contributed by atoms with Crippen molar-refractivity contribution < 1.29 is 13.9 Å². The van der Waals surface area contributed by atoms with Crippen LogP contribution in [0.1, 0.15) is 48.9 Å². The number of hydrogen-bond donors (Lipinski definition) is 1. The summed E-state index contributed by atoms with van der Waals surface area (Å²) in [5.74, 6) is -0.983. The lowest BCUT2D eigenvalue weighted by Gasteiger charge is -2.16. The first kappa shape index (κ1) is 14.3. The minimum atomic E-state index is -0.544. The molecule has 3 nitrogen and oxygen atoms in total. The lowest BCUT2D eigenvalue weighted by molar-refractivity contribution is 0.0266. The van der Waals surface area contributed by atoms with Gasteiger partial charge in [-0.2, -0.15) is 0 Å². The molecule has 0 unspecified atom stereocenters. The van der Waals surface area contributed by atoms with Crippen LogP contribution in [0.2, 0.25) is 0 Å². The lowest BCUT2D eigenvalue weighted by Crippen LogP contribution is -2.18. The van der Waals surface area contributed by atoms with Crippen LogP contribution in [0.3, 0.4) is 0 Å². The third-order valence-corrected chi connectivity index (χ3v) is 4.04. The van der Waals surface area contributed by atoms with Gasteiger partial charge in [-0.05, 0) is 53.7 Å². The van der Waals surface area contributed by atoms with Crippen molar-refractivity contribution in [3.8, 4) is 0 Å². The summed E-state index contributed by atoms with van der Waals surface area (Å²) in [4.78, 5) is 12.1. The molecule has 0 aromatic heterocycles. The number of anilines is 1. The number of nitrogen functional groups attached to an aromatic ring is 1. The number of carbonyl (C=O) groups is 1. The molecule has 1 fully saturated rings. The van der Waals surface area contributed by atoms with E-state index in [1.54, 1.807) is 0 Å². The van der Waals surface area contributed by atoms with Crippen LogP contribution < -0.4 is 5.73 Å². The predicted molar refractivity (Wildman–Crippen MR) is 75.4 cm³/mol. The van der Waals surface area contributed by atoms with Gasteiger partial charge in [0.1, 0.15) is 11.9 Å². The second-order valence-corrected chi connectivity index (χ2v) is 5.73. The normalized spacial score (nSPS) is 16.9. The molecule has 1 aliphatic rings. The highest BCUT2D eigenvalue weighted by molar-refractivity contribution is 9.10. The van der Waals surface area contributed by atoms with E-state index >= 15 is 0 Å². The molecule has 2 rings (SSSR count). The zero-order valence-corrected chi connectivity index (χ0v) is 12.2. The Kier molecular flexibility index (Phi) is 4.80. The average Bonchev–Trinajstić information content (AvgIpc) is 2.62. The molecule has 1 saturated carbocycles. The predicted octanol–water partition coefficient (Wildman–Crippen LogP) is 4.05. The van der Waals surface area contributed by atoms with Gasteiger partial charge in [0.25, 0.3) is 0 Å². The Morgan fingerprint density at radius 2 is 1.89 bits per heavy atom. The van der Waals surface area contributed by atoms with Crippen LogP contribution in [-0.4, -0.2) is 12.1 Å². The van der Waals surface area contributed by atoms with Crippen molar-refractivity contribution in [2.75, 3.05) is 5.73 Å². The van der Waals surface area contributed by atoms with E-state index in [1.807, 2.05) is 0 Å². The van der Waals surface area contributed by atoms with Crippen LogP contribution in [0.25, 0.3) is 0 Å². The maximum atomic E-state index is 13.2. The first-order chi connectivity index (χ1) is 9.08. The Hall–Kier alpha value is -1.10. The van der Waals surface area contributed by atoms with E-state index in [9.17, 15) is 9.18 Å². The smallest absolute Gasteiger partial charge is 0.339 e. The fourth-order valence-electron chi connectivity index (χ4n) is 2.30. The molecule has 0 bridgehead atoms. The van der Waals surface area contributed by atoms with Crippen molar-refractivity contribution in [3.05, 3.63) is 28.0 Å². The Balaban J connectivity index is 2.08. The molecule has 2 N–H and O–H groups in total. The molecule has 0 heterocycles. The molecule has 19 heavy (non-hydrogen) atoms. The van der Waals surface area contributed by atoms with E-state index in [0.29, 0.717) is 4.47 Å². The van der Waals surface area contributed by atoms with Gasteiger partial charge < -0.3 is 10.5 Å². The number of halogens is 2. The topological polar surface area (TPSA) is 52.3 Å². The lowest BCUT2D eigenvalue weighted by atomic mass is 10.1. The van der Waals surface area contributed by atoms with E-state index in [2.05, 4.69) is 15.9 Å². The third-order valence-electron chi connectivity index (χ3n) is 3.38. The maximum absolute atomic E-state index is 13.2. The summed E-state index contributed by atoms with van der Waals surface area (Å²) in [5, 5.41) is 0. The molecule has 0 spiro atoms. The van der Waals surface area contributed by atoms with Crippen molar-refractivity contribution in [3.63, 3.8) is 0 Å². The summed E-state index contributed by atoms with van der Waals surface area (Å²) >= 11 is 3.17. The molecule has 0 aliphatic heterocycles. The van der Waals surface area contributed by atoms with Crippen LogP contribution >= 0.6 is 15.9 Å². The fraction of sp³-hybridized carbons (Fsp3) is 0.500. The fourth-order valence-corrected chi connectivity index (χ4v) is 2.77. The zero-order chi connectivity index (χ0) is 13.8. The monoisotopic (exact) mass is 329 g/mol. The SMILES string of the molecule is Nc1cc(C(=O)OC2CCCCCC2)c(Br)cc1F. The summed E-state index contributed by atoms with van der Waals surface area (Å²) < 4.78 is 19.1. The van der Waals surface area contributed by atoms with Crippen molar-refractivity contribution in [2.45, 2.75) is 44.6 Å². The standard InChI is InChI=1S/C14H17BrFNO2/c15-11-8-12(16)13(17)7-10(11)14(18)19-9-5-3-1-2-4-6-9/h7-9H,1-6,17H2. The number of rotatable bonds is 2. The van der Waals surface area contributed by atoms with Gasteiger partial charge >= 0.3 is 5.97 Å². The van der Waals surface area contributed by atoms with Crippen molar-refractivity contribution in [1.29, 1.82) is 0 Å². The van der Waals surface area contributed by atoms with E-state index in [1.165, 1.54) is 25.0 Å². The quantitative estimate of drug-likeness (QED) is 0.506. The molecule has 5 heteroatoms. The Bertz CT molecular complexity index is 471. The number of hydrogen-bond acceptors (Lipinski definition) is 3. The van der Waals surface area contributed by atoms with Crippen LogP contribution in [0.15, 0.2) is 16.6 Å². The number of benzene rings is 1. The molecule has 1 aliphatic carbocycles. The molecule has 104 valence electrons. The van der Waals surface area contributed by atoms with Gasteiger partial charge in [0.15, 0.2) is 0 Å². The highest BCUT2D eigenvalue weighted by atomic mass is 79.9. The minimum absolute atomic E-state index is 0.0341. The van der Waals surface area contributed by atoms with Gasteiger partial charge in [0.2, 0.25) is 0 Å². The highest BCUT2D eigenvalue weighted by Gasteiger charge is 2.20. The average molecular weight is 330 g/mol. The van der Waals surface area contributed by atoms with Crippen molar-refractivity contribution in [1.82, 2.24) is 0 Å². The van der Waals surface area contributed by atoms with Gasteiger partial charge in [0.05, 0.1) is 11.3 Å². The molecule has 0 radical (unpaired) electrons. The van der Waals surface area contributed by atoms with Crippen LogP contribution in [-0.2, 0) is 4.74 Å². The molecule has 0 atom stereocenters. The Labute approximate surface area is 120 Å². The van der Waals surface area contributed by atoms with Crippen LogP contribution in [0.5, 0.6) is 0 Å². The summed E-state index contributed by atoms with van der Waals surface area (Å²) in [7, 11) is 0. The van der Waals surface area contributed by atoms with Crippen LogP contribution in [0, 0.1) is 5.82 Å². The summed E-state index contributed by atoms with van der Waals surface area (Å²) in [5.41, 5.74) is 5.72. The van der Waals surface area contributed by atoms with Gasteiger partial charge in [-0.1, -0.05) is 12.8 Å². The molecule has 1 aromatic rings. The van der Waals surface area contributed by atoms with E-state index in [-0.39, 0.29) is 17.4 Å². The van der Waals surface area contributed by atoms with Gasteiger partial charge in [-0.25, -0.2) is 9.18 Å². The Morgan fingerprint density at radius 3 is 2.53 bits per heavy atom. The Morgan fingerprint density at radius 1 is 1.26 bits per heavy atom. The summed E-state index contributed by atoms with van der Waals surface area (Å²) in [6.07, 6.45) is 6.34. The molecule has 0 saturated heterocycles. The van der Waals surface area contributed by atoms with Gasteiger partial charge in [-0.3, -0.25) is 0 Å². The first-order valence-electron chi connectivity index (χ1n) is 6.53. The molecular formula is C14H17BrFNO2. The second-order valence-electron chi connectivity index (χ2n) is 4.87. The zero-order valence-electron chi connectivity index (χ0n) is 10.6. The largest absolute Gasteiger partial charge is 0.459 e. The van der Waals surface area contributed by atoms with Gasteiger partial charge in [-0.15, -0.1) is 0 Å². The highest BCUT2D eigenvalue weighted by Crippen LogP contribution is 2.26. The van der Waals surface area contributed by atoms with E-state index in [4.69, 9.17) is 10.5 Å². The van der Waals surface area contributed by atoms with Crippen molar-refractivity contribution in [2.24, 2.45) is 0 Å². The molecular weight excluding hydrogens is 313 g/mol. The maximum Gasteiger partial charge on any atom is 0.339 e. The number of nitrogens with two attached hydrogens (primary N) is 1. The number of ether oxygens (including phenoxy) is 1. The van der Waals surface area contributed by atoms with Gasteiger partial charge in [0, 0.05) is 4.47 Å². The first-order valence-corrected chi connectivity index (χ1v) is 7.32. The molecule has 1 aromatic carbocycles. The number of esters is 1. The van der Waals surface area contributed by atoms with Crippen molar-refractivity contribution >= 4 is 27.6 Å². The van der Waals surface area contributed by atoms with E-state index in [0.717, 1.165) is 25.7 Å². The minimum Gasteiger partial charge on any atom is -0.459 e. The summed E-state index contributed by atoms with van der Waals surface area (Å²) in [6, 6.07) is 2.51. The van der Waals surface area contributed by atoms with E-state index < -0.39 is 11.8 Å². The number of carbonyl (C=O) groups excluding carboxylic acids is 1. The second kappa shape index (κ2) is 6.37. The van der Waals surface area contributed by atoms with Crippen LogP contribution in [0.4, 0.5) is 10.1 Å². The molecule has 0 amide bonds. The summed E-state index contributed by atoms with van der Waals surface area (Å²) in [6.45, 7) is 0.